The molecule has 12 heavy (non-hydrogen) atoms. The standard InChI is InChI=1S/C10H13NO/c1-7-4-5-10(6-8(7)2)9(3)11-12/h4-6,12H,1-3H3/b11-9+. The maximum Gasteiger partial charge on any atom is 0.0837 e. The summed E-state index contributed by atoms with van der Waals surface area (Å²) in [6.45, 7) is 5.89. The van der Waals surface area contributed by atoms with Crippen molar-refractivity contribution in [3.63, 3.8) is 0 Å². The molecule has 0 aromatic heterocycles. The lowest BCUT2D eigenvalue weighted by Crippen LogP contribution is -1.95. The third-order valence-corrected chi connectivity index (χ3v) is 2.07. The molecule has 0 heterocycles. The van der Waals surface area contributed by atoms with Crippen molar-refractivity contribution in [2.45, 2.75) is 20.8 Å². The predicted molar refractivity (Wildman–Crippen MR) is 49.9 cm³/mol. The van der Waals surface area contributed by atoms with Crippen LogP contribution in [0.5, 0.6) is 0 Å². The van der Waals surface area contributed by atoms with Gasteiger partial charge < -0.3 is 5.21 Å². The van der Waals surface area contributed by atoms with Crippen molar-refractivity contribution in [2.24, 2.45) is 5.16 Å². The fourth-order valence-electron chi connectivity index (χ4n) is 1.02. The third kappa shape index (κ3) is 1.64. The smallest absolute Gasteiger partial charge is 0.0837 e. The highest BCUT2D eigenvalue weighted by atomic mass is 16.4. The Morgan fingerprint density at radius 2 is 1.92 bits per heavy atom. The lowest BCUT2D eigenvalue weighted by molar-refractivity contribution is 0.319. The summed E-state index contributed by atoms with van der Waals surface area (Å²) < 4.78 is 0. The summed E-state index contributed by atoms with van der Waals surface area (Å²) in [5, 5.41) is 11.7. The molecule has 1 aromatic carbocycles. The largest absolute Gasteiger partial charge is 0.411 e. The first-order valence-corrected chi connectivity index (χ1v) is 3.91. The van der Waals surface area contributed by atoms with Crippen LogP contribution in [0.2, 0.25) is 0 Å². The Labute approximate surface area is 72.5 Å². The van der Waals surface area contributed by atoms with Crippen molar-refractivity contribution in [2.75, 3.05) is 0 Å². The number of hydrogen-bond donors (Lipinski definition) is 1. The molecule has 64 valence electrons. The van der Waals surface area contributed by atoms with Gasteiger partial charge in [-0.15, -0.1) is 0 Å². The van der Waals surface area contributed by atoms with Crippen molar-refractivity contribution >= 4 is 5.71 Å². The zero-order chi connectivity index (χ0) is 9.14. The summed E-state index contributed by atoms with van der Waals surface area (Å²) in [7, 11) is 0. The topological polar surface area (TPSA) is 32.6 Å². The van der Waals surface area contributed by atoms with Gasteiger partial charge in [-0.1, -0.05) is 17.3 Å². The quantitative estimate of drug-likeness (QED) is 0.385. The Kier molecular flexibility index (Phi) is 2.48. The lowest BCUT2D eigenvalue weighted by atomic mass is 10.0. The summed E-state index contributed by atoms with van der Waals surface area (Å²) in [5.74, 6) is 0. The molecule has 2 heteroatoms. The molecule has 0 spiro atoms. The molecule has 1 N–H and O–H groups in total. The predicted octanol–water partition coefficient (Wildman–Crippen LogP) is 2.50. The number of rotatable bonds is 1. The summed E-state index contributed by atoms with van der Waals surface area (Å²) in [6.07, 6.45) is 0. The Bertz CT molecular complexity index is 316. The molecular weight excluding hydrogens is 150 g/mol. The van der Waals surface area contributed by atoms with Crippen LogP contribution in [-0.2, 0) is 0 Å². The average molecular weight is 163 g/mol. The molecule has 0 amide bonds. The van der Waals surface area contributed by atoms with E-state index in [0.717, 1.165) is 5.56 Å². The van der Waals surface area contributed by atoms with E-state index in [1.807, 2.05) is 25.1 Å². The van der Waals surface area contributed by atoms with Crippen LogP contribution in [0.15, 0.2) is 23.4 Å². The minimum absolute atomic E-state index is 0.651. The van der Waals surface area contributed by atoms with E-state index >= 15 is 0 Å². The molecule has 0 saturated carbocycles. The highest BCUT2D eigenvalue weighted by Crippen LogP contribution is 2.10. The molecule has 0 bridgehead atoms. The molecule has 1 rings (SSSR count). The van der Waals surface area contributed by atoms with Gasteiger partial charge in [-0.05, 0) is 43.5 Å². The van der Waals surface area contributed by atoms with Gasteiger partial charge >= 0.3 is 0 Å². The van der Waals surface area contributed by atoms with Gasteiger partial charge in [0.1, 0.15) is 0 Å². The van der Waals surface area contributed by atoms with Crippen LogP contribution >= 0.6 is 0 Å². The molecule has 0 saturated heterocycles. The van der Waals surface area contributed by atoms with Crippen LogP contribution < -0.4 is 0 Å². The number of oxime groups is 1. The summed E-state index contributed by atoms with van der Waals surface area (Å²) in [5.41, 5.74) is 4.10. The molecule has 0 aliphatic heterocycles. The minimum atomic E-state index is 0.651. The van der Waals surface area contributed by atoms with Crippen molar-refractivity contribution < 1.29 is 5.21 Å². The van der Waals surface area contributed by atoms with Gasteiger partial charge in [-0.25, -0.2) is 0 Å². The van der Waals surface area contributed by atoms with Crippen LogP contribution in [0, 0.1) is 13.8 Å². The summed E-state index contributed by atoms with van der Waals surface area (Å²) in [4.78, 5) is 0. The van der Waals surface area contributed by atoms with Crippen molar-refractivity contribution in [1.82, 2.24) is 0 Å². The number of benzene rings is 1. The second-order valence-electron chi connectivity index (χ2n) is 2.98. The van der Waals surface area contributed by atoms with Crippen LogP contribution in [0.4, 0.5) is 0 Å². The highest BCUT2D eigenvalue weighted by molar-refractivity contribution is 5.98. The van der Waals surface area contributed by atoms with E-state index in [0.29, 0.717) is 5.71 Å². The van der Waals surface area contributed by atoms with Crippen molar-refractivity contribution in [3.8, 4) is 0 Å². The fraction of sp³-hybridized carbons (Fsp3) is 0.300. The zero-order valence-corrected chi connectivity index (χ0v) is 7.63. The summed E-state index contributed by atoms with van der Waals surface area (Å²) >= 11 is 0. The first-order valence-electron chi connectivity index (χ1n) is 3.91. The third-order valence-electron chi connectivity index (χ3n) is 2.07. The van der Waals surface area contributed by atoms with Gasteiger partial charge in [-0.3, -0.25) is 0 Å². The first kappa shape index (κ1) is 8.78. The van der Waals surface area contributed by atoms with Crippen LogP contribution in [-0.4, -0.2) is 10.9 Å². The number of hydrogen-bond acceptors (Lipinski definition) is 2. The molecule has 0 atom stereocenters. The molecule has 1 aromatic rings. The average Bonchev–Trinajstić information content (AvgIpc) is 2.08. The van der Waals surface area contributed by atoms with E-state index in [2.05, 4.69) is 12.1 Å². The van der Waals surface area contributed by atoms with Crippen molar-refractivity contribution in [1.29, 1.82) is 0 Å². The van der Waals surface area contributed by atoms with Gasteiger partial charge in [0.05, 0.1) is 5.71 Å². The van der Waals surface area contributed by atoms with E-state index in [4.69, 9.17) is 5.21 Å². The fourth-order valence-corrected chi connectivity index (χ4v) is 1.02. The molecule has 0 unspecified atom stereocenters. The van der Waals surface area contributed by atoms with Gasteiger partial charge in [0.15, 0.2) is 0 Å². The molecule has 0 radical (unpaired) electrons. The van der Waals surface area contributed by atoms with Crippen molar-refractivity contribution in [3.05, 3.63) is 34.9 Å². The van der Waals surface area contributed by atoms with Crippen LogP contribution in [0.25, 0.3) is 0 Å². The SMILES string of the molecule is C/C(=N\O)c1ccc(C)c(C)c1. The molecule has 0 aliphatic rings. The maximum absolute atomic E-state index is 8.54. The van der Waals surface area contributed by atoms with E-state index in [-0.39, 0.29) is 0 Å². The van der Waals surface area contributed by atoms with Gasteiger partial charge in [0, 0.05) is 0 Å². The molecule has 0 aliphatic carbocycles. The first-order chi connectivity index (χ1) is 5.65. The van der Waals surface area contributed by atoms with E-state index < -0.39 is 0 Å². The van der Waals surface area contributed by atoms with E-state index in [1.165, 1.54) is 11.1 Å². The number of aryl methyl sites for hydroxylation is 2. The van der Waals surface area contributed by atoms with E-state index in [9.17, 15) is 0 Å². The highest BCUT2D eigenvalue weighted by Gasteiger charge is 1.98. The minimum Gasteiger partial charge on any atom is -0.411 e. The van der Waals surface area contributed by atoms with Gasteiger partial charge in [0.2, 0.25) is 0 Å². The maximum atomic E-state index is 8.54. The lowest BCUT2D eigenvalue weighted by Gasteiger charge is -2.02. The van der Waals surface area contributed by atoms with Gasteiger partial charge in [0.25, 0.3) is 0 Å². The molecular formula is C10H13NO. The normalized spacial score (nSPS) is 11.8. The molecule has 0 fully saturated rings. The molecule has 2 nitrogen and oxygen atoms in total. The summed E-state index contributed by atoms with van der Waals surface area (Å²) in [6, 6.07) is 6.00. The monoisotopic (exact) mass is 163 g/mol. The Morgan fingerprint density at radius 3 is 2.42 bits per heavy atom. The van der Waals surface area contributed by atoms with Crippen LogP contribution in [0.1, 0.15) is 23.6 Å². The Balaban J connectivity index is 3.13. The van der Waals surface area contributed by atoms with Crippen LogP contribution in [0.3, 0.4) is 0 Å². The van der Waals surface area contributed by atoms with E-state index in [1.54, 1.807) is 6.92 Å². The van der Waals surface area contributed by atoms with Gasteiger partial charge in [-0.2, -0.15) is 0 Å². The second-order valence-corrected chi connectivity index (χ2v) is 2.98. The zero-order valence-electron chi connectivity index (χ0n) is 7.63. The second kappa shape index (κ2) is 3.39. The Morgan fingerprint density at radius 1 is 1.25 bits per heavy atom. The Hall–Kier alpha value is -1.31. The number of nitrogens with zero attached hydrogens (tertiary/aromatic N) is 1.